The fourth-order valence-corrected chi connectivity index (χ4v) is 4.27. The second-order valence-electron chi connectivity index (χ2n) is 7.04. The van der Waals surface area contributed by atoms with Crippen molar-refractivity contribution in [2.75, 3.05) is 7.11 Å². The Balaban J connectivity index is 1.82. The molecule has 2 aromatic heterocycles. The van der Waals surface area contributed by atoms with E-state index in [-0.39, 0.29) is 12.0 Å². The predicted molar refractivity (Wildman–Crippen MR) is 123 cm³/mol. The first-order valence-corrected chi connectivity index (χ1v) is 10.7. The number of fused-ring (bicyclic) bond motifs is 1. The zero-order chi connectivity index (χ0) is 22.0. The van der Waals surface area contributed by atoms with Crippen LogP contribution in [0.5, 0.6) is 0 Å². The number of rotatable bonds is 6. The number of para-hydroxylation sites is 1. The SMILES string of the molecule is CCc1ccc(N=C(C)c2c(CC(=O)OC)[nH]n(-c3nc4ccccc4s3)c2=O)cc1. The van der Waals surface area contributed by atoms with Gasteiger partial charge in [-0.3, -0.25) is 19.7 Å². The second kappa shape index (κ2) is 8.69. The zero-order valence-electron chi connectivity index (χ0n) is 17.5. The fraction of sp³-hybridized carbons (Fsp3) is 0.217. The average molecular weight is 435 g/mol. The monoisotopic (exact) mass is 434 g/mol. The Morgan fingerprint density at radius 3 is 2.61 bits per heavy atom. The van der Waals surface area contributed by atoms with E-state index in [1.54, 1.807) is 6.92 Å². The van der Waals surface area contributed by atoms with Crippen molar-refractivity contribution in [1.29, 1.82) is 0 Å². The topological polar surface area (TPSA) is 89.3 Å². The van der Waals surface area contributed by atoms with Crippen LogP contribution in [-0.2, 0) is 22.4 Å². The van der Waals surface area contributed by atoms with Crippen molar-refractivity contribution in [1.82, 2.24) is 14.8 Å². The van der Waals surface area contributed by atoms with E-state index in [9.17, 15) is 9.59 Å². The first-order chi connectivity index (χ1) is 15.0. The Bertz CT molecular complexity index is 1300. The number of aryl methyl sites for hydroxylation is 1. The van der Waals surface area contributed by atoms with Gasteiger partial charge in [-0.1, -0.05) is 42.5 Å². The number of hydrogen-bond acceptors (Lipinski definition) is 6. The van der Waals surface area contributed by atoms with Crippen LogP contribution >= 0.6 is 11.3 Å². The maximum absolute atomic E-state index is 13.3. The third-order valence-electron chi connectivity index (χ3n) is 4.99. The van der Waals surface area contributed by atoms with E-state index in [0.29, 0.717) is 22.1 Å². The zero-order valence-corrected chi connectivity index (χ0v) is 18.3. The molecule has 8 heteroatoms. The molecular weight excluding hydrogens is 412 g/mol. The number of carbonyl (C=O) groups excluding carboxylic acids is 1. The molecule has 0 saturated heterocycles. The Morgan fingerprint density at radius 2 is 1.94 bits per heavy atom. The van der Waals surface area contributed by atoms with Gasteiger partial charge in [0.1, 0.15) is 0 Å². The summed E-state index contributed by atoms with van der Waals surface area (Å²) in [6, 6.07) is 15.5. The molecule has 0 spiro atoms. The van der Waals surface area contributed by atoms with E-state index in [4.69, 9.17) is 4.74 Å². The quantitative estimate of drug-likeness (QED) is 0.364. The largest absolute Gasteiger partial charge is 0.469 e. The van der Waals surface area contributed by atoms with Gasteiger partial charge in [0.05, 0.1) is 46.4 Å². The Hall–Kier alpha value is -3.52. The number of nitrogens with one attached hydrogen (secondary N) is 1. The summed E-state index contributed by atoms with van der Waals surface area (Å²) in [7, 11) is 1.32. The molecule has 0 aliphatic carbocycles. The van der Waals surface area contributed by atoms with Crippen LogP contribution in [0.4, 0.5) is 5.69 Å². The van der Waals surface area contributed by atoms with Gasteiger partial charge in [-0.25, -0.2) is 4.98 Å². The number of esters is 1. The Morgan fingerprint density at radius 1 is 1.19 bits per heavy atom. The summed E-state index contributed by atoms with van der Waals surface area (Å²) in [4.78, 5) is 34.5. The summed E-state index contributed by atoms with van der Waals surface area (Å²) in [6.07, 6.45) is 0.873. The van der Waals surface area contributed by atoms with Crippen LogP contribution in [0, 0.1) is 0 Å². The Kier molecular flexibility index (Phi) is 5.81. The van der Waals surface area contributed by atoms with Crippen LogP contribution in [0.1, 0.15) is 30.7 Å². The molecule has 0 fully saturated rings. The minimum atomic E-state index is -0.445. The van der Waals surface area contributed by atoms with Crippen LogP contribution in [0.15, 0.2) is 58.3 Å². The van der Waals surface area contributed by atoms with Gasteiger partial charge in [0.15, 0.2) is 0 Å². The van der Waals surface area contributed by atoms with E-state index in [1.165, 1.54) is 28.7 Å². The van der Waals surface area contributed by atoms with Gasteiger partial charge in [0.2, 0.25) is 5.13 Å². The maximum Gasteiger partial charge on any atom is 0.311 e. The number of aromatic nitrogens is 3. The van der Waals surface area contributed by atoms with Crippen molar-refractivity contribution in [3.8, 4) is 5.13 Å². The van der Waals surface area contributed by atoms with E-state index < -0.39 is 5.97 Å². The van der Waals surface area contributed by atoms with Crippen LogP contribution in [0.25, 0.3) is 15.3 Å². The standard InChI is InChI=1S/C23H22N4O3S/c1-4-15-9-11-16(12-10-15)24-14(2)21-18(13-20(28)30-3)26-27(22(21)29)23-25-17-7-5-6-8-19(17)31-23/h5-12,26H,4,13H2,1-3H3. The number of aliphatic imine (C=N–C) groups is 1. The summed E-state index contributed by atoms with van der Waals surface area (Å²) in [5.74, 6) is -0.445. The lowest BCUT2D eigenvalue weighted by molar-refractivity contribution is -0.139. The van der Waals surface area contributed by atoms with Crippen LogP contribution in [-0.4, -0.2) is 33.6 Å². The Labute approximate surface area is 183 Å². The van der Waals surface area contributed by atoms with Crippen LogP contribution < -0.4 is 5.56 Å². The lowest BCUT2D eigenvalue weighted by Crippen LogP contribution is -2.19. The summed E-state index contributed by atoms with van der Waals surface area (Å²) in [5.41, 5.74) is 3.77. The van der Waals surface area contributed by atoms with Gasteiger partial charge in [-0.15, -0.1) is 0 Å². The van der Waals surface area contributed by atoms with E-state index in [1.807, 2.05) is 48.5 Å². The van der Waals surface area contributed by atoms with E-state index >= 15 is 0 Å². The van der Waals surface area contributed by atoms with Crippen molar-refractivity contribution >= 4 is 38.9 Å². The highest BCUT2D eigenvalue weighted by Gasteiger charge is 2.22. The van der Waals surface area contributed by atoms with Crippen molar-refractivity contribution in [3.63, 3.8) is 0 Å². The summed E-state index contributed by atoms with van der Waals surface area (Å²) < 4.78 is 7.15. The third kappa shape index (κ3) is 4.20. The molecule has 4 rings (SSSR count). The first kappa shape index (κ1) is 20.7. The average Bonchev–Trinajstić information content (AvgIpc) is 3.34. The highest BCUT2D eigenvalue weighted by molar-refractivity contribution is 7.20. The molecule has 0 aliphatic rings. The number of H-pyrrole nitrogens is 1. The minimum Gasteiger partial charge on any atom is -0.469 e. The van der Waals surface area contributed by atoms with Gasteiger partial charge >= 0.3 is 5.97 Å². The highest BCUT2D eigenvalue weighted by atomic mass is 32.1. The molecule has 7 nitrogen and oxygen atoms in total. The summed E-state index contributed by atoms with van der Waals surface area (Å²) in [5, 5.41) is 3.55. The molecule has 4 aromatic rings. The number of benzene rings is 2. The number of hydrogen-bond donors (Lipinski definition) is 1. The van der Waals surface area contributed by atoms with Gasteiger partial charge in [0, 0.05) is 0 Å². The first-order valence-electron chi connectivity index (χ1n) is 9.91. The molecule has 31 heavy (non-hydrogen) atoms. The molecule has 0 amide bonds. The molecule has 158 valence electrons. The number of methoxy groups -OCH3 is 1. The molecule has 0 radical (unpaired) electrons. The van der Waals surface area contributed by atoms with Gasteiger partial charge in [-0.05, 0) is 43.2 Å². The molecule has 2 aromatic carbocycles. The number of thiazole rings is 1. The molecular formula is C23H22N4O3S. The maximum atomic E-state index is 13.3. The number of ether oxygens (including phenoxy) is 1. The van der Waals surface area contributed by atoms with Gasteiger partial charge in [-0.2, -0.15) is 4.68 Å². The lowest BCUT2D eigenvalue weighted by atomic mass is 10.1. The predicted octanol–water partition coefficient (Wildman–Crippen LogP) is 4.19. The third-order valence-corrected chi connectivity index (χ3v) is 6.01. The second-order valence-corrected chi connectivity index (χ2v) is 8.05. The smallest absolute Gasteiger partial charge is 0.311 e. The van der Waals surface area contributed by atoms with Gasteiger partial charge in [0.25, 0.3) is 5.56 Å². The highest BCUT2D eigenvalue weighted by Crippen LogP contribution is 2.24. The molecule has 0 unspecified atom stereocenters. The van der Waals surface area contributed by atoms with Crippen LogP contribution in [0.2, 0.25) is 0 Å². The summed E-state index contributed by atoms with van der Waals surface area (Å²) >= 11 is 1.40. The molecule has 1 N–H and O–H groups in total. The lowest BCUT2D eigenvalue weighted by Gasteiger charge is -2.02. The van der Waals surface area contributed by atoms with E-state index in [2.05, 4.69) is 22.0 Å². The normalized spacial score (nSPS) is 11.8. The summed E-state index contributed by atoms with van der Waals surface area (Å²) in [6.45, 7) is 3.86. The van der Waals surface area contributed by atoms with Crippen molar-refractivity contribution < 1.29 is 9.53 Å². The fourth-order valence-electron chi connectivity index (χ4n) is 3.35. The van der Waals surface area contributed by atoms with Crippen LogP contribution in [0.3, 0.4) is 0 Å². The molecule has 0 saturated carbocycles. The molecule has 0 aliphatic heterocycles. The van der Waals surface area contributed by atoms with Crippen molar-refractivity contribution in [2.24, 2.45) is 4.99 Å². The molecule has 2 heterocycles. The van der Waals surface area contributed by atoms with Crippen molar-refractivity contribution in [3.05, 3.63) is 75.7 Å². The van der Waals surface area contributed by atoms with Gasteiger partial charge < -0.3 is 4.74 Å². The number of carbonyl (C=O) groups is 1. The number of aromatic amines is 1. The minimum absolute atomic E-state index is 0.0688. The molecule has 0 bridgehead atoms. The number of nitrogens with zero attached hydrogens (tertiary/aromatic N) is 3. The van der Waals surface area contributed by atoms with Crippen molar-refractivity contribution in [2.45, 2.75) is 26.7 Å². The van der Waals surface area contributed by atoms with E-state index in [0.717, 1.165) is 22.3 Å². The molecule has 0 atom stereocenters.